The Morgan fingerprint density at radius 3 is 2.72 bits per heavy atom. The van der Waals surface area contributed by atoms with Crippen molar-refractivity contribution in [3.05, 3.63) is 29.8 Å². The lowest BCUT2D eigenvalue weighted by molar-refractivity contribution is -0.142. The zero-order chi connectivity index (χ0) is 13.2. The minimum atomic E-state index is -0.885. The molecule has 0 heterocycles. The van der Waals surface area contributed by atoms with Crippen LogP contribution in [-0.4, -0.2) is 23.7 Å². The summed E-state index contributed by atoms with van der Waals surface area (Å²) in [7, 11) is 1.63. The lowest BCUT2D eigenvalue weighted by Crippen LogP contribution is -2.45. The van der Waals surface area contributed by atoms with Gasteiger partial charge < -0.3 is 15.2 Å². The van der Waals surface area contributed by atoms with Crippen LogP contribution in [0.15, 0.2) is 24.3 Å². The molecule has 1 fully saturated rings. The van der Waals surface area contributed by atoms with E-state index in [1.165, 1.54) is 0 Å². The molecule has 0 aliphatic heterocycles. The van der Waals surface area contributed by atoms with Crippen molar-refractivity contribution in [1.29, 1.82) is 0 Å². The molecule has 1 aliphatic rings. The van der Waals surface area contributed by atoms with Gasteiger partial charge in [-0.15, -0.1) is 0 Å². The van der Waals surface area contributed by atoms with Gasteiger partial charge in [0.1, 0.15) is 5.54 Å². The number of carbonyl (C=O) groups is 1. The van der Waals surface area contributed by atoms with Crippen LogP contribution >= 0.6 is 0 Å². The second-order valence-electron chi connectivity index (χ2n) is 5.00. The van der Waals surface area contributed by atoms with E-state index in [1.807, 2.05) is 24.3 Å². The van der Waals surface area contributed by atoms with Crippen LogP contribution in [0.4, 0.5) is 5.69 Å². The molecule has 1 saturated carbocycles. The molecule has 1 aromatic rings. The van der Waals surface area contributed by atoms with Gasteiger partial charge in [-0.25, -0.2) is 4.79 Å². The average molecular weight is 249 g/mol. The summed E-state index contributed by atoms with van der Waals surface area (Å²) in [5, 5.41) is 12.6. The Bertz CT molecular complexity index is 442. The maximum Gasteiger partial charge on any atom is 0.329 e. The fourth-order valence-corrected chi connectivity index (χ4v) is 2.19. The third-order valence-corrected chi connectivity index (χ3v) is 3.55. The molecule has 0 spiro atoms. The SMILES string of the molecule is COCc1ccccc1NC(C)(C(=O)O)C1CC1. The largest absolute Gasteiger partial charge is 0.480 e. The monoisotopic (exact) mass is 249 g/mol. The summed E-state index contributed by atoms with van der Waals surface area (Å²) >= 11 is 0. The first kappa shape index (κ1) is 12.9. The lowest BCUT2D eigenvalue weighted by Gasteiger charge is -2.28. The van der Waals surface area contributed by atoms with E-state index in [-0.39, 0.29) is 5.92 Å². The van der Waals surface area contributed by atoms with E-state index in [4.69, 9.17) is 4.74 Å². The number of hydrogen-bond donors (Lipinski definition) is 2. The first-order valence-corrected chi connectivity index (χ1v) is 6.16. The molecule has 1 atom stereocenters. The van der Waals surface area contributed by atoms with Crippen molar-refractivity contribution in [3.8, 4) is 0 Å². The molecule has 0 saturated heterocycles. The fraction of sp³-hybridized carbons (Fsp3) is 0.500. The molecule has 2 rings (SSSR count). The first-order chi connectivity index (χ1) is 8.58. The van der Waals surface area contributed by atoms with Gasteiger partial charge in [0.2, 0.25) is 0 Å². The van der Waals surface area contributed by atoms with Gasteiger partial charge >= 0.3 is 5.97 Å². The van der Waals surface area contributed by atoms with Crippen LogP contribution in [0.25, 0.3) is 0 Å². The minimum Gasteiger partial charge on any atom is -0.480 e. The normalized spacial score (nSPS) is 18.1. The molecule has 1 aliphatic carbocycles. The number of nitrogens with one attached hydrogen (secondary N) is 1. The predicted octanol–water partition coefficient (Wildman–Crippen LogP) is 2.50. The molecule has 0 radical (unpaired) electrons. The molecule has 1 aromatic carbocycles. The average Bonchev–Trinajstić information content (AvgIpc) is 3.16. The van der Waals surface area contributed by atoms with Crippen molar-refractivity contribution in [2.24, 2.45) is 5.92 Å². The highest BCUT2D eigenvalue weighted by molar-refractivity contribution is 5.83. The molecule has 18 heavy (non-hydrogen) atoms. The number of aliphatic carboxylic acids is 1. The molecular formula is C14H19NO3. The van der Waals surface area contributed by atoms with Crippen LogP contribution in [-0.2, 0) is 16.1 Å². The molecule has 98 valence electrons. The topological polar surface area (TPSA) is 58.6 Å². The van der Waals surface area contributed by atoms with Crippen LogP contribution in [0.5, 0.6) is 0 Å². The maximum absolute atomic E-state index is 11.5. The van der Waals surface area contributed by atoms with Crippen molar-refractivity contribution < 1.29 is 14.6 Å². The number of carboxylic acids is 1. The maximum atomic E-state index is 11.5. The summed E-state index contributed by atoms with van der Waals surface area (Å²) in [6.45, 7) is 2.24. The number of hydrogen-bond acceptors (Lipinski definition) is 3. The highest BCUT2D eigenvalue weighted by Gasteiger charge is 2.47. The number of anilines is 1. The standard InChI is InChI=1S/C14H19NO3/c1-14(13(16)17,11-7-8-11)15-12-6-4-3-5-10(12)9-18-2/h3-6,11,15H,7-9H2,1-2H3,(H,16,17). The number of ether oxygens (including phenoxy) is 1. The third kappa shape index (κ3) is 2.48. The predicted molar refractivity (Wildman–Crippen MR) is 69.5 cm³/mol. The van der Waals surface area contributed by atoms with Crippen LogP contribution in [0, 0.1) is 5.92 Å². The van der Waals surface area contributed by atoms with E-state index >= 15 is 0 Å². The summed E-state index contributed by atoms with van der Waals surface area (Å²) in [5.74, 6) is -0.581. The number of benzene rings is 1. The summed E-state index contributed by atoms with van der Waals surface area (Å²) in [4.78, 5) is 11.5. The van der Waals surface area contributed by atoms with Crippen molar-refractivity contribution in [2.75, 3.05) is 12.4 Å². The van der Waals surface area contributed by atoms with Gasteiger partial charge in [0.15, 0.2) is 0 Å². The Labute approximate surface area is 107 Å². The first-order valence-electron chi connectivity index (χ1n) is 6.16. The number of para-hydroxylation sites is 1. The molecule has 0 bridgehead atoms. The van der Waals surface area contributed by atoms with Crippen LogP contribution < -0.4 is 5.32 Å². The Morgan fingerprint density at radius 2 is 2.17 bits per heavy atom. The molecule has 0 aromatic heterocycles. The van der Waals surface area contributed by atoms with Gasteiger partial charge in [0.25, 0.3) is 0 Å². The minimum absolute atomic E-state index is 0.214. The second-order valence-corrected chi connectivity index (χ2v) is 5.00. The second kappa shape index (κ2) is 4.98. The smallest absolute Gasteiger partial charge is 0.329 e. The van der Waals surface area contributed by atoms with E-state index in [9.17, 15) is 9.90 Å². The van der Waals surface area contributed by atoms with Gasteiger partial charge in [0.05, 0.1) is 6.61 Å². The van der Waals surface area contributed by atoms with Gasteiger partial charge in [-0.3, -0.25) is 0 Å². The van der Waals surface area contributed by atoms with Crippen molar-refractivity contribution in [2.45, 2.75) is 31.9 Å². The Balaban J connectivity index is 2.24. The van der Waals surface area contributed by atoms with Crippen molar-refractivity contribution >= 4 is 11.7 Å². The molecule has 4 nitrogen and oxygen atoms in total. The third-order valence-electron chi connectivity index (χ3n) is 3.55. The van der Waals surface area contributed by atoms with Gasteiger partial charge in [-0.2, -0.15) is 0 Å². The van der Waals surface area contributed by atoms with E-state index in [1.54, 1.807) is 14.0 Å². The Hall–Kier alpha value is -1.55. The molecular weight excluding hydrogens is 230 g/mol. The van der Waals surface area contributed by atoms with Gasteiger partial charge in [-0.05, 0) is 31.7 Å². The zero-order valence-corrected chi connectivity index (χ0v) is 10.8. The molecule has 2 N–H and O–H groups in total. The van der Waals surface area contributed by atoms with E-state index in [0.717, 1.165) is 24.1 Å². The summed E-state index contributed by atoms with van der Waals surface area (Å²) in [6.07, 6.45) is 1.95. The molecule has 1 unspecified atom stereocenters. The van der Waals surface area contributed by atoms with E-state index < -0.39 is 11.5 Å². The van der Waals surface area contributed by atoms with E-state index in [2.05, 4.69) is 5.32 Å². The number of methoxy groups -OCH3 is 1. The highest BCUT2D eigenvalue weighted by atomic mass is 16.5. The van der Waals surface area contributed by atoms with Gasteiger partial charge in [-0.1, -0.05) is 18.2 Å². The van der Waals surface area contributed by atoms with E-state index in [0.29, 0.717) is 6.61 Å². The Morgan fingerprint density at radius 1 is 1.50 bits per heavy atom. The quantitative estimate of drug-likeness (QED) is 0.813. The highest BCUT2D eigenvalue weighted by Crippen LogP contribution is 2.42. The summed E-state index contributed by atoms with van der Waals surface area (Å²) < 4.78 is 5.13. The van der Waals surface area contributed by atoms with Crippen LogP contribution in [0.1, 0.15) is 25.3 Å². The van der Waals surface area contributed by atoms with Crippen LogP contribution in [0.3, 0.4) is 0 Å². The Kier molecular flexibility index (Phi) is 3.57. The number of rotatable bonds is 6. The number of carboxylic acid groups (broad SMARTS) is 1. The lowest BCUT2D eigenvalue weighted by atomic mass is 9.95. The summed E-state index contributed by atoms with van der Waals surface area (Å²) in [6, 6.07) is 7.67. The molecule has 0 amide bonds. The van der Waals surface area contributed by atoms with Gasteiger partial charge in [0, 0.05) is 18.4 Å². The summed E-state index contributed by atoms with van der Waals surface area (Å²) in [5.41, 5.74) is 0.938. The fourth-order valence-electron chi connectivity index (χ4n) is 2.19. The van der Waals surface area contributed by atoms with Crippen molar-refractivity contribution in [1.82, 2.24) is 0 Å². The molecule has 4 heteroatoms. The zero-order valence-electron chi connectivity index (χ0n) is 10.8. The van der Waals surface area contributed by atoms with Crippen LogP contribution in [0.2, 0.25) is 0 Å². The van der Waals surface area contributed by atoms with Crippen molar-refractivity contribution in [3.63, 3.8) is 0 Å².